The zero-order valence-corrected chi connectivity index (χ0v) is 15.3. The monoisotopic (exact) mass is 407 g/mol. The largest absolute Gasteiger partial charge is 0.433 e. The van der Waals surface area contributed by atoms with Crippen LogP contribution >= 0.6 is 0 Å². The third-order valence-electron chi connectivity index (χ3n) is 4.72. The van der Waals surface area contributed by atoms with Crippen molar-refractivity contribution >= 4 is 15.9 Å². The molecule has 3 rings (SSSR count). The normalized spacial score (nSPS) is 22.6. The van der Waals surface area contributed by atoms with Crippen molar-refractivity contribution in [2.24, 2.45) is 0 Å². The third kappa shape index (κ3) is 4.41. The standard InChI is InChI=1S/C16H20F3N3O4S/c17-16(18,19)14-4-3-12(10-20-14)15(23)21-5-1-2-13(11-21)27(24,25)22-6-8-26-9-7-22/h3-4,10,13H,1-2,5-9,11H2/t13-/m0/s1. The fourth-order valence-corrected chi connectivity index (χ4v) is 5.16. The van der Waals surface area contributed by atoms with Gasteiger partial charge in [0.1, 0.15) is 5.69 Å². The SMILES string of the molecule is O=C(c1ccc(C(F)(F)F)nc1)N1CCC[C@H](S(=O)(=O)N2CCOCC2)C1. The predicted molar refractivity (Wildman–Crippen MR) is 89.5 cm³/mol. The van der Waals surface area contributed by atoms with Gasteiger partial charge in [-0.15, -0.1) is 0 Å². The van der Waals surface area contributed by atoms with Crippen LogP contribution < -0.4 is 0 Å². The van der Waals surface area contributed by atoms with E-state index in [0.29, 0.717) is 32.6 Å². The summed E-state index contributed by atoms with van der Waals surface area (Å²) in [5.41, 5.74) is -1.07. The number of sulfonamides is 1. The van der Waals surface area contributed by atoms with Crippen LogP contribution in [-0.4, -0.2) is 73.2 Å². The molecule has 2 aliphatic heterocycles. The number of halogens is 3. The summed E-state index contributed by atoms with van der Waals surface area (Å²) in [5, 5.41) is -0.726. The van der Waals surface area contributed by atoms with E-state index >= 15 is 0 Å². The minimum atomic E-state index is -4.58. The summed E-state index contributed by atoms with van der Waals surface area (Å²) < 4.78 is 69.9. The van der Waals surface area contributed by atoms with Crippen molar-refractivity contribution in [2.75, 3.05) is 39.4 Å². The Morgan fingerprint density at radius 3 is 2.48 bits per heavy atom. The molecule has 27 heavy (non-hydrogen) atoms. The average molecular weight is 407 g/mol. The second kappa shape index (κ2) is 7.72. The van der Waals surface area contributed by atoms with E-state index in [9.17, 15) is 26.4 Å². The fourth-order valence-electron chi connectivity index (χ4n) is 3.25. The number of nitrogens with zero attached hydrogens (tertiary/aromatic N) is 3. The number of aromatic nitrogens is 1. The van der Waals surface area contributed by atoms with Gasteiger partial charge in [-0.3, -0.25) is 9.78 Å². The zero-order valence-electron chi connectivity index (χ0n) is 14.5. The molecule has 0 saturated carbocycles. The number of amides is 1. The van der Waals surface area contributed by atoms with Crippen molar-refractivity contribution in [1.29, 1.82) is 0 Å². The Morgan fingerprint density at radius 2 is 1.89 bits per heavy atom. The van der Waals surface area contributed by atoms with Gasteiger partial charge in [0.25, 0.3) is 5.91 Å². The number of carbonyl (C=O) groups excluding carboxylic acids is 1. The topological polar surface area (TPSA) is 79.8 Å². The summed E-state index contributed by atoms with van der Waals surface area (Å²) in [4.78, 5) is 17.3. The number of piperidine rings is 1. The van der Waals surface area contributed by atoms with Crippen molar-refractivity contribution < 1.29 is 31.1 Å². The molecule has 0 unspecified atom stereocenters. The summed E-state index contributed by atoms with van der Waals surface area (Å²) in [6, 6.07) is 1.82. The molecule has 0 aliphatic carbocycles. The van der Waals surface area contributed by atoms with Crippen LogP contribution in [0.2, 0.25) is 0 Å². The molecule has 11 heteroatoms. The maximum absolute atomic E-state index is 12.8. The van der Waals surface area contributed by atoms with Crippen molar-refractivity contribution in [3.63, 3.8) is 0 Å². The van der Waals surface area contributed by atoms with E-state index in [1.165, 1.54) is 9.21 Å². The highest BCUT2D eigenvalue weighted by molar-refractivity contribution is 7.89. The lowest BCUT2D eigenvalue weighted by atomic mass is 10.1. The number of hydrogen-bond donors (Lipinski definition) is 0. The molecule has 0 aromatic carbocycles. The summed E-state index contributed by atoms with van der Waals surface area (Å²) in [6.45, 7) is 1.62. The van der Waals surface area contributed by atoms with Gasteiger partial charge in [0, 0.05) is 32.4 Å². The molecular weight excluding hydrogens is 387 g/mol. The molecule has 0 radical (unpaired) electrons. The highest BCUT2D eigenvalue weighted by atomic mass is 32.2. The molecule has 7 nitrogen and oxygen atoms in total. The van der Waals surface area contributed by atoms with E-state index in [2.05, 4.69) is 4.98 Å². The van der Waals surface area contributed by atoms with Gasteiger partial charge in [0.15, 0.2) is 0 Å². The van der Waals surface area contributed by atoms with Gasteiger partial charge in [0.2, 0.25) is 10.0 Å². The number of rotatable bonds is 3. The first kappa shape index (κ1) is 20.0. The first-order valence-corrected chi connectivity index (χ1v) is 10.1. The molecule has 1 aromatic heterocycles. The van der Waals surface area contributed by atoms with Crippen molar-refractivity contribution in [3.05, 3.63) is 29.6 Å². The summed E-state index contributed by atoms with van der Waals surface area (Å²) in [5.74, 6) is -0.516. The van der Waals surface area contributed by atoms with E-state index in [1.807, 2.05) is 0 Å². The Hall–Kier alpha value is -1.72. The number of morpholine rings is 1. The van der Waals surface area contributed by atoms with Gasteiger partial charge in [-0.25, -0.2) is 8.42 Å². The molecule has 1 amide bonds. The van der Waals surface area contributed by atoms with Gasteiger partial charge in [0.05, 0.1) is 24.0 Å². The lowest BCUT2D eigenvalue weighted by molar-refractivity contribution is -0.141. The van der Waals surface area contributed by atoms with Crippen LogP contribution in [0.15, 0.2) is 18.3 Å². The van der Waals surface area contributed by atoms with Gasteiger partial charge in [-0.2, -0.15) is 17.5 Å². The average Bonchev–Trinajstić information content (AvgIpc) is 2.67. The summed E-state index contributed by atoms with van der Waals surface area (Å²) in [6.07, 6.45) is -2.75. The Morgan fingerprint density at radius 1 is 1.19 bits per heavy atom. The number of carbonyl (C=O) groups is 1. The second-order valence-electron chi connectivity index (χ2n) is 6.50. The van der Waals surface area contributed by atoms with Crippen LogP contribution in [0.1, 0.15) is 28.9 Å². The molecule has 1 aromatic rings. The van der Waals surface area contributed by atoms with E-state index in [4.69, 9.17) is 4.74 Å². The van der Waals surface area contributed by atoms with Crippen LogP contribution in [0.5, 0.6) is 0 Å². The van der Waals surface area contributed by atoms with Crippen LogP contribution in [0.25, 0.3) is 0 Å². The molecule has 0 bridgehead atoms. The molecule has 1 atom stereocenters. The number of ether oxygens (including phenoxy) is 1. The number of alkyl halides is 3. The van der Waals surface area contributed by atoms with E-state index in [1.54, 1.807) is 0 Å². The van der Waals surface area contributed by atoms with Crippen LogP contribution in [0.3, 0.4) is 0 Å². The van der Waals surface area contributed by atoms with Crippen molar-refractivity contribution in [1.82, 2.24) is 14.2 Å². The first-order chi connectivity index (χ1) is 12.7. The van der Waals surface area contributed by atoms with Gasteiger partial charge >= 0.3 is 6.18 Å². The van der Waals surface area contributed by atoms with E-state index in [-0.39, 0.29) is 25.2 Å². The molecule has 150 valence electrons. The maximum atomic E-state index is 12.8. The summed E-state index contributed by atoms with van der Waals surface area (Å²) in [7, 11) is -3.56. The quantitative estimate of drug-likeness (QED) is 0.756. The smallest absolute Gasteiger partial charge is 0.379 e. The van der Waals surface area contributed by atoms with Crippen LogP contribution in [-0.2, 0) is 20.9 Å². The van der Waals surface area contributed by atoms with Crippen molar-refractivity contribution in [2.45, 2.75) is 24.3 Å². The molecule has 2 aliphatic rings. The van der Waals surface area contributed by atoms with Crippen molar-refractivity contribution in [3.8, 4) is 0 Å². The van der Waals surface area contributed by atoms with Gasteiger partial charge in [-0.1, -0.05) is 0 Å². The van der Waals surface area contributed by atoms with Crippen LogP contribution in [0.4, 0.5) is 13.2 Å². The van der Waals surface area contributed by atoms with Gasteiger partial charge < -0.3 is 9.64 Å². The molecule has 2 fully saturated rings. The molecule has 0 spiro atoms. The zero-order chi connectivity index (χ0) is 19.7. The van der Waals surface area contributed by atoms with Crippen LogP contribution in [0, 0.1) is 0 Å². The maximum Gasteiger partial charge on any atom is 0.433 e. The number of hydrogen-bond acceptors (Lipinski definition) is 5. The minimum absolute atomic E-state index is 0.00687. The number of pyridine rings is 1. The fraction of sp³-hybridized carbons (Fsp3) is 0.625. The lowest BCUT2D eigenvalue weighted by Crippen LogP contribution is -2.51. The Bertz CT molecular complexity index is 777. The van der Waals surface area contributed by atoms with E-state index < -0.39 is 33.1 Å². The minimum Gasteiger partial charge on any atom is -0.379 e. The third-order valence-corrected chi connectivity index (χ3v) is 7.03. The predicted octanol–water partition coefficient (Wildman–Crippen LogP) is 1.37. The lowest BCUT2D eigenvalue weighted by Gasteiger charge is -2.36. The Labute approximate surface area is 155 Å². The first-order valence-electron chi connectivity index (χ1n) is 8.59. The molecule has 2 saturated heterocycles. The highest BCUT2D eigenvalue weighted by Gasteiger charge is 2.38. The highest BCUT2D eigenvalue weighted by Crippen LogP contribution is 2.28. The Balaban J connectivity index is 1.71. The molecule has 3 heterocycles. The van der Waals surface area contributed by atoms with Gasteiger partial charge in [-0.05, 0) is 25.0 Å². The molecule has 0 N–H and O–H groups in total. The Kier molecular flexibility index (Phi) is 5.73. The summed E-state index contributed by atoms with van der Waals surface area (Å²) >= 11 is 0. The number of likely N-dealkylation sites (tertiary alicyclic amines) is 1. The molecular formula is C16H20F3N3O4S. The second-order valence-corrected chi connectivity index (χ2v) is 8.71. The van der Waals surface area contributed by atoms with E-state index in [0.717, 1.165) is 18.3 Å².